The predicted octanol–water partition coefficient (Wildman–Crippen LogP) is 15.7. The van der Waals surface area contributed by atoms with E-state index in [1.807, 2.05) is 0 Å². The minimum Gasteiger partial charge on any atom is -0.466 e. The largest absolute Gasteiger partial charge is 0.466 e. The molecule has 0 aliphatic carbocycles. The maximum atomic E-state index is 12.4. The van der Waals surface area contributed by atoms with Crippen molar-refractivity contribution < 1.29 is 19.1 Å². The third-order valence-electron chi connectivity index (χ3n) is 13.9. The Balaban J connectivity index is 2.18. The SMILES string of the molecule is CCCCCC(CCCCC)CCOC(=O)CCCCCCCCCC(CCCCCCCCCC(=O)OCCC(CCCCC)CCCCC)CCN1CCN(C)CC1. The van der Waals surface area contributed by atoms with Crippen molar-refractivity contribution in [1.29, 1.82) is 0 Å². The molecular formula is C54H106N2O4. The molecular weight excluding hydrogens is 741 g/mol. The molecule has 1 fully saturated rings. The minimum absolute atomic E-state index is 0.0251. The average molecular weight is 847 g/mol. The van der Waals surface area contributed by atoms with Crippen LogP contribution in [-0.4, -0.2) is 74.7 Å². The number of hydrogen-bond acceptors (Lipinski definition) is 6. The van der Waals surface area contributed by atoms with Crippen LogP contribution < -0.4 is 0 Å². The second-order valence-corrected chi connectivity index (χ2v) is 19.6. The number of carbonyl (C=O) groups is 2. The summed E-state index contributed by atoms with van der Waals surface area (Å²) in [5.41, 5.74) is 0. The van der Waals surface area contributed by atoms with Gasteiger partial charge in [-0.05, 0) is 63.5 Å². The number of likely N-dealkylation sites (N-methyl/N-ethyl adjacent to an activating group) is 1. The lowest BCUT2D eigenvalue weighted by Gasteiger charge is -2.33. The van der Waals surface area contributed by atoms with Gasteiger partial charge in [0.05, 0.1) is 13.2 Å². The lowest BCUT2D eigenvalue weighted by atomic mass is 9.91. The van der Waals surface area contributed by atoms with Gasteiger partial charge < -0.3 is 19.3 Å². The zero-order valence-corrected chi connectivity index (χ0v) is 41.4. The first-order valence-electron chi connectivity index (χ1n) is 27.1. The van der Waals surface area contributed by atoms with Gasteiger partial charge in [0.25, 0.3) is 0 Å². The van der Waals surface area contributed by atoms with Crippen LogP contribution in [0.3, 0.4) is 0 Å². The highest BCUT2D eigenvalue weighted by atomic mass is 16.5. The molecule has 6 heteroatoms. The quantitative estimate of drug-likeness (QED) is 0.0449. The molecule has 0 radical (unpaired) electrons. The van der Waals surface area contributed by atoms with E-state index >= 15 is 0 Å². The molecule has 6 nitrogen and oxygen atoms in total. The highest BCUT2D eigenvalue weighted by Gasteiger charge is 2.17. The van der Waals surface area contributed by atoms with Crippen LogP contribution in [0.15, 0.2) is 0 Å². The summed E-state index contributed by atoms with van der Waals surface area (Å²) in [4.78, 5) is 29.9. The molecule has 356 valence electrons. The summed E-state index contributed by atoms with van der Waals surface area (Å²) in [5.74, 6) is 2.38. The van der Waals surface area contributed by atoms with Crippen molar-refractivity contribution in [2.24, 2.45) is 17.8 Å². The van der Waals surface area contributed by atoms with E-state index in [-0.39, 0.29) is 11.9 Å². The van der Waals surface area contributed by atoms with Gasteiger partial charge in [-0.3, -0.25) is 9.59 Å². The molecule has 0 aromatic heterocycles. The summed E-state index contributed by atoms with van der Waals surface area (Å²) in [7, 11) is 2.26. The zero-order valence-electron chi connectivity index (χ0n) is 41.4. The molecule has 0 atom stereocenters. The van der Waals surface area contributed by atoms with E-state index in [1.54, 1.807) is 0 Å². The fourth-order valence-electron chi connectivity index (χ4n) is 9.46. The Morgan fingerprint density at radius 3 is 1.03 bits per heavy atom. The van der Waals surface area contributed by atoms with E-state index in [2.05, 4.69) is 44.5 Å². The van der Waals surface area contributed by atoms with Gasteiger partial charge in [-0.1, -0.05) is 220 Å². The molecule has 1 saturated heterocycles. The van der Waals surface area contributed by atoms with Crippen LogP contribution in [0, 0.1) is 17.8 Å². The van der Waals surface area contributed by atoms with E-state index in [9.17, 15) is 9.59 Å². The van der Waals surface area contributed by atoms with Crippen molar-refractivity contribution in [1.82, 2.24) is 9.80 Å². The topological polar surface area (TPSA) is 59.1 Å². The average Bonchev–Trinajstić information content (AvgIpc) is 3.24. The first kappa shape index (κ1) is 56.9. The number of esters is 2. The molecule has 0 amide bonds. The number of ether oxygens (including phenoxy) is 2. The van der Waals surface area contributed by atoms with Gasteiger partial charge in [0.2, 0.25) is 0 Å². The normalized spacial score (nSPS) is 13.9. The minimum atomic E-state index is 0.0251. The maximum Gasteiger partial charge on any atom is 0.305 e. The number of hydrogen-bond donors (Lipinski definition) is 0. The first-order valence-corrected chi connectivity index (χ1v) is 27.1. The van der Waals surface area contributed by atoms with Crippen molar-refractivity contribution in [3.63, 3.8) is 0 Å². The van der Waals surface area contributed by atoms with Crippen molar-refractivity contribution in [3.8, 4) is 0 Å². The van der Waals surface area contributed by atoms with Gasteiger partial charge in [0.1, 0.15) is 0 Å². The summed E-state index contributed by atoms with van der Waals surface area (Å²) in [6.07, 6.45) is 45.9. The maximum absolute atomic E-state index is 12.4. The van der Waals surface area contributed by atoms with Crippen LogP contribution in [0.1, 0.15) is 265 Å². The highest BCUT2D eigenvalue weighted by Crippen LogP contribution is 2.25. The van der Waals surface area contributed by atoms with Gasteiger partial charge in [0.15, 0.2) is 0 Å². The van der Waals surface area contributed by atoms with Crippen LogP contribution in [0.25, 0.3) is 0 Å². The molecule has 0 spiro atoms. The number of rotatable bonds is 45. The molecule has 1 rings (SSSR count). The summed E-state index contributed by atoms with van der Waals surface area (Å²) in [6.45, 7) is 16.5. The first-order chi connectivity index (χ1) is 29.4. The van der Waals surface area contributed by atoms with Crippen LogP contribution in [-0.2, 0) is 19.1 Å². The molecule has 1 heterocycles. The summed E-state index contributed by atoms with van der Waals surface area (Å²) < 4.78 is 11.3. The molecule has 60 heavy (non-hydrogen) atoms. The Morgan fingerprint density at radius 1 is 0.383 bits per heavy atom. The number of carbonyl (C=O) groups excluding carboxylic acids is 2. The van der Waals surface area contributed by atoms with E-state index in [0.29, 0.717) is 26.1 Å². The molecule has 0 aromatic carbocycles. The van der Waals surface area contributed by atoms with Crippen LogP contribution in [0.4, 0.5) is 0 Å². The van der Waals surface area contributed by atoms with E-state index in [0.717, 1.165) is 56.3 Å². The molecule has 0 unspecified atom stereocenters. The van der Waals surface area contributed by atoms with Crippen LogP contribution in [0.5, 0.6) is 0 Å². The zero-order chi connectivity index (χ0) is 43.6. The lowest BCUT2D eigenvalue weighted by molar-refractivity contribution is -0.145. The Labute approximate surface area is 375 Å². The third-order valence-corrected chi connectivity index (χ3v) is 13.9. The monoisotopic (exact) mass is 847 g/mol. The molecule has 1 aliphatic heterocycles. The standard InChI is InChI=1S/C54H106N2O4/c1-6-10-24-32-51(33-25-11-7-2)41-48-59-53(57)38-30-22-18-14-16-20-28-36-50(40-43-56-46-44-55(5)45-47-56)37-29-21-17-15-19-23-31-39-54(58)60-49-42-52(34-26-12-8-3)35-27-13-9-4/h50-52H,6-49H2,1-5H3. The fraction of sp³-hybridized carbons (Fsp3) is 0.963. The Kier molecular flexibility index (Phi) is 40.9. The van der Waals surface area contributed by atoms with Gasteiger partial charge in [0, 0.05) is 39.0 Å². The molecule has 0 bridgehead atoms. The fourth-order valence-corrected chi connectivity index (χ4v) is 9.46. The summed E-state index contributed by atoms with van der Waals surface area (Å²) in [6, 6.07) is 0. The smallest absolute Gasteiger partial charge is 0.305 e. The highest BCUT2D eigenvalue weighted by molar-refractivity contribution is 5.69. The lowest BCUT2D eigenvalue weighted by Crippen LogP contribution is -2.44. The van der Waals surface area contributed by atoms with Crippen molar-refractivity contribution in [2.45, 2.75) is 265 Å². The second kappa shape index (κ2) is 43.1. The van der Waals surface area contributed by atoms with Gasteiger partial charge >= 0.3 is 11.9 Å². The van der Waals surface area contributed by atoms with E-state index < -0.39 is 0 Å². The number of unbranched alkanes of at least 4 members (excludes halogenated alkanes) is 20. The Morgan fingerprint density at radius 2 is 0.683 bits per heavy atom. The van der Waals surface area contributed by atoms with E-state index in [4.69, 9.17) is 9.47 Å². The molecule has 0 aromatic rings. The van der Waals surface area contributed by atoms with Gasteiger partial charge in [-0.15, -0.1) is 0 Å². The molecule has 0 saturated carbocycles. The Bertz CT molecular complexity index is 841. The van der Waals surface area contributed by atoms with E-state index in [1.165, 1.54) is 219 Å². The summed E-state index contributed by atoms with van der Waals surface area (Å²) in [5, 5.41) is 0. The van der Waals surface area contributed by atoms with Gasteiger partial charge in [-0.25, -0.2) is 0 Å². The number of piperazine rings is 1. The number of nitrogens with zero attached hydrogens (tertiary/aromatic N) is 2. The van der Waals surface area contributed by atoms with Crippen molar-refractivity contribution in [2.75, 3.05) is 53.0 Å². The van der Waals surface area contributed by atoms with Crippen molar-refractivity contribution in [3.05, 3.63) is 0 Å². The Hall–Kier alpha value is -1.14. The van der Waals surface area contributed by atoms with Gasteiger partial charge in [-0.2, -0.15) is 0 Å². The van der Waals surface area contributed by atoms with Crippen molar-refractivity contribution >= 4 is 11.9 Å². The van der Waals surface area contributed by atoms with Crippen LogP contribution in [0.2, 0.25) is 0 Å². The predicted molar refractivity (Wildman–Crippen MR) is 260 cm³/mol. The third kappa shape index (κ3) is 36.4. The second-order valence-electron chi connectivity index (χ2n) is 19.6. The molecule has 0 N–H and O–H groups in total. The molecule has 1 aliphatic rings. The van der Waals surface area contributed by atoms with Crippen LogP contribution >= 0.6 is 0 Å². The summed E-state index contributed by atoms with van der Waals surface area (Å²) >= 11 is 0.